The number of nitrogens with two attached hydrogens (primary N) is 1. The number of nitrogens with zero attached hydrogens (tertiary/aromatic N) is 3. The lowest BCUT2D eigenvalue weighted by molar-refractivity contribution is -0.383. The Hall–Kier alpha value is -1.92. The van der Waals surface area contributed by atoms with Crippen molar-refractivity contribution in [2.24, 2.45) is 11.3 Å². The van der Waals surface area contributed by atoms with E-state index >= 15 is 0 Å². The number of rotatable bonds is 4. The molecule has 1 atom stereocenters. The van der Waals surface area contributed by atoms with Gasteiger partial charge in [0.2, 0.25) is 11.6 Å². The van der Waals surface area contributed by atoms with Crippen molar-refractivity contribution in [3.63, 3.8) is 0 Å². The summed E-state index contributed by atoms with van der Waals surface area (Å²) >= 11 is 0. The third-order valence-corrected chi connectivity index (χ3v) is 3.09. The molecule has 3 N–H and O–H groups in total. The van der Waals surface area contributed by atoms with Gasteiger partial charge in [-0.1, -0.05) is 27.7 Å². The van der Waals surface area contributed by atoms with Gasteiger partial charge in [0.1, 0.15) is 6.33 Å². The van der Waals surface area contributed by atoms with Gasteiger partial charge in [0.15, 0.2) is 0 Å². The van der Waals surface area contributed by atoms with Gasteiger partial charge >= 0.3 is 5.69 Å². The fourth-order valence-corrected chi connectivity index (χ4v) is 1.26. The first-order valence-corrected chi connectivity index (χ1v) is 5.72. The Balaban J connectivity index is 2.86. The fourth-order valence-electron chi connectivity index (χ4n) is 1.26. The van der Waals surface area contributed by atoms with Crippen LogP contribution in [0, 0.1) is 21.4 Å². The number of nitrogen functional groups attached to an aromatic ring is 1. The standard InChI is InChI=1S/C11H19N5O2/c1-7(11(2,3)4)5-13-10-8(16(17)18)9(12)14-6-15-10/h6-7H,5H2,1-4H3,(H3,12,13,14,15). The monoisotopic (exact) mass is 253 g/mol. The topological polar surface area (TPSA) is 107 Å². The van der Waals surface area contributed by atoms with Gasteiger partial charge in [-0.3, -0.25) is 10.1 Å². The highest BCUT2D eigenvalue weighted by Crippen LogP contribution is 2.29. The van der Waals surface area contributed by atoms with Crippen LogP contribution < -0.4 is 11.1 Å². The van der Waals surface area contributed by atoms with E-state index in [1.165, 1.54) is 6.33 Å². The predicted octanol–water partition coefficient (Wildman–Crippen LogP) is 2.06. The molecule has 18 heavy (non-hydrogen) atoms. The molecule has 1 unspecified atom stereocenters. The van der Waals surface area contributed by atoms with Gasteiger partial charge in [0, 0.05) is 6.54 Å². The molecule has 0 radical (unpaired) electrons. The van der Waals surface area contributed by atoms with E-state index < -0.39 is 4.92 Å². The highest BCUT2D eigenvalue weighted by Gasteiger charge is 2.24. The van der Waals surface area contributed by atoms with E-state index in [0.717, 1.165) is 0 Å². The summed E-state index contributed by atoms with van der Waals surface area (Å²) < 4.78 is 0. The van der Waals surface area contributed by atoms with Crippen molar-refractivity contribution in [3.8, 4) is 0 Å². The van der Waals surface area contributed by atoms with E-state index in [-0.39, 0.29) is 22.7 Å². The summed E-state index contributed by atoms with van der Waals surface area (Å²) in [5.41, 5.74) is 5.33. The summed E-state index contributed by atoms with van der Waals surface area (Å²) in [6, 6.07) is 0. The number of hydrogen-bond acceptors (Lipinski definition) is 6. The van der Waals surface area contributed by atoms with Gasteiger partial charge in [-0.2, -0.15) is 0 Å². The molecule has 1 heterocycles. The van der Waals surface area contributed by atoms with Crippen molar-refractivity contribution in [2.45, 2.75) is 27.7 Å². The van der Waals surface area contributed by atoms with E-state index in [4.69, 9.17) is 5.73 Å². The molecule has 100 valence electrons. The molecule has 0 saturated heterocycles. The van der Waals surface area contributed by atoms with Gasteiger partial charge in [-0.15, -0.1) is 0 Å². The molecule has 0 spiro atoms. The highest BCUT2D eigenvalue weighted by molar-refractivity contribution is 5.67. The minimum Gasteiger partial charge on any atom is -0.378 e. The average Bonchev–Trinajstić information content (AvgIpc) is 2.23. The average molecular weight is 253 g/mol. The van der Waals surface area contributed by atoms with Crippen LogP contribution in [0.15, 0.2) is 6.33 Å². The number of nitro groups is 1. The molecule has 7 heteroatoms. The van der Waals surface area contributed by atoms with Gasteiger partial charge in [0.05, 0.1) is 4.92 Å². The van der Waals surface area contributed by atoms with Gasteiger partial charge < -0.3 is 11.1 Å². The van der Waals surface area contributed by atoms with Crippen LogP contribution in [-0.2, 0) is 0 Å². The number of nitrogens with one attached hydrogen (secondary N) is 1. The summed E-state index contributed by atoms with van der Waals surface area (Å²) in [7, 11) is 0. The molecule has 1 aromatic rings. The molecule has 0 amide bonds. The second kappa shape index (κ2) is 5.16. The zero-order valence-electron chi connectivity index (χ0n) is 11.1. The molecule has 0 bridgehead atoms. The SMILES string of the molecule is CC(CNc1ncnc(N)c1[N+](=O)[O-])C(C)(C)C. The van der Waals surface area contributed by atoms with Crippen LogP contribution in [-0.4, -0.2) is 21.4 Å². The third-order valence-electron chi connectivity index (χ3n) is 3.09. The zero-order chi connectivity index (χ0) is 13.9. The summed E-state index contributed by atoms with van der Waals surface area (Å²) in [5.74, 6) is 0.373. The minimum atomic E-state index is -0.570. The van der Waals surface area contributed by atoms with Crippen molar-refractivity contribution in [3.05, 3.63) is 16.4 Å². The molecule has 0 aliphatic rings. The predicted molar refractivity (Wildman–Crippen MR) is 70.2 cm³/mol. The maximum atomic E-state index is 10.9. The third kappa shape index (κ3) is 3.28. The van der Waals surface area contributed by atoms with E-state index in [1.54, 1.807) is 0 Å². The smallest absolute Gasteiger partial charge is 0.352 e. The molecule has 0 aliphatic heterocycles. The van der Waals surface area contributed by atoms with Crippen molar-refractivity contribution in [2.75, 3.05) is 17.6 Å². The molecule has 0 aliphatic carbocycles. The highest BCUT2D eigenvalue weighted by atomic mass is 16.6. The Morgan fingerprint density at radius 3 is 2.61 bits per heavy atom. The van der Waals surface area contributed by atoms with E-state index in [0.29, 0.717) is 12.5 Å². The lowest BCUT2D eigenvalue weighted by Crippen LogP contribution is -2.25. The summed E-state index contributed by atoms with van der Waals surface area (Å²) in [6.45, 7) is 9.00. The largest absolute Gasteiger partial charge is 0.378 e. The second-order valence-corrected chi connectivity index (χ2v) is 5.36. The van der Waals surface area contributed by atoms with Crippen LogP contribution in [0.5, 0.6) is 0 Å². The van der Waals surface area contributed by atoms with Crippen LogP contribution >= 0.6 is 0 Å². The molecule has 0 saturated carbocycles. The summed E-state index contributed by atoms with van der Waals surface area (Å²) in [4.78, 5) is 17.8. The maximum Gasteiger partial charge on any atom is 0.352 e. The van der Waals surface area contributed by atoms with E-state index in [9.17, 15) is 10.1 Å². The molecule has 0 fully saturated rings. The van der Waals surface area contributed by atoms with Crippen molar-refractivity contribution < 1.29 is 4.92 Å². The molecule has 1 rings (SSSR count). The molecular formula is C11H19N5O2. The first-order valence-electron chi connectivity index (χ1n) is 5.72. The zero-order valence-corrected chi connectivity index (χ0v) is 11.1. The van der Waals surface area contributed by atoms with Crippen molar-refractivity contribution in [1.29, 1.82) is 0 Å². The number of anilines is 2. The van der Waals surface area contributed by atoms with Crippen LogP contribution in [0.1, 0.15) is 27.7 Å². The number of aromatic nitrogens is 2. The Kier molecular flexibility index (Phi) is 4.05. The van der Waals surface area contributed by atoms with Crippen molar-refractivity contribution in [1.82, 2.24) is 9.97 Å². The fraction of sp³-hybridized carbons (Fsp3) is 0.636. The Labute approximate surface area is 106 Å². The molecular weight excluding hydrogens is 234 g/mol. The molecule has 1 aromatic heterocycles. The molecule has 0 aromatic carbocycles. The lowest BCUT2D eigenvalue weighted by atomic mass is 9.82. The Morgan fingerprint density at radius 2 is 2.11 bits per heavy atom. The van der Waals surface area contributed by atoms with Crippen LogP contribution in [0.25, 0.3) is 0 Å². The lowest BCUT2D eigenvalue weighted by Gasteiger charge is -2.27. The summed E-state index contributed by atoms with van der Waals surface area (Å²) in [6.07, 6.45) is 1.21. The van der Waals surface area contributed by atoms with Gasteiger partial charge in [0.25, 0.3) is 0 Å². The first-order chi connectivity index (χ1) is 8.23. The normalized spacial score (nSPS) is 13.1. The Morgan fingerprint density at radius 1 is 1.50 bits per heavy atom. The van der Waals surface area contributed by atoms with Crippen molar-refractivity contribution >= 4 is 17.3 Å². The molecule has 7 nitrogen and oxygen atoms in total. The second-order valence-electron chi connectivity index (χ2n) is 5.36. The number of hydrogen-bond donors (Lipinski definition) is 2. The van der Waals surface area contributed by atoms with Crippen LogP contribution in [0.2, 0.25) is 0 Å². The van der Waals surface area contributed by atoms with E-state index in [2.05, 4.69) is 43.0 Å². The minimum absolute atomic E-state index is 0.111. The maximum absolute atomic E-state index is 10.9. The first kappa shape index (κ1) is 14.1. The quantitative estimate of drug-likeness (QED) is 0.628. The Bertz CT molecular complexity index is 442. The van der Waals surface area contributed by atoms with Gasteiger partial charge in [-0.05, 0) is 11.3 Å². The van der Waals surface area contributed by atoms with Crippen LogP contribution in [0.4, 0.5) is 17.3 Å². The van der Waals surface area contributed by atoms with Gasteiger partial charge in [-0.25, -0.2) is 9.97 Å². The van der Waals surface area contributed by atoms with E-state index in [1.807, 2.05) is 0 Å². The van der Waals surface area contributed by atoms with Crippen LogP contribution in [0.3, 0.4) is 0 Å². The summed E-state index contributed by atoms with van der Waals surface area (Å²) in [5, 5.41) is 13.9.